The minimum Gasteiger partial charge on any atom is -0.481 e. The van der Waals surface area contributed by atoms with Crippen LogP contribution in [0.25, 0.3) is 0 Å². The van der Waals surface area contributed by atoms with Crippen LogP contribution in [-0.2, 0) is 9.59 Å². The largest absolute Gasteiger partial charge is 0.481 e. The first-order valence-electron chi connectivity index (χ1n) is 6.99. The highest BCUT2D eigenvalue weighted by molar-refractivity contribution is 6.06. The van der Waals surface area contributed by atoms with Crippen LogP contribution in [0, 0.1) is 5.92 Å². The number of nitrogens with one attached hydrogen (secondary N) is 1. The van der Waals surface area contributed by atoms with Gasteiger partial charge in [-0.25, -0.2) is 0 Å². The first-order chi connectivity index (χ1) is 10.1. The quantitative estimate of drug-likeness (QED) is 0.866. The Morgan fingerprint density at radius 1 is 1.24 bits per heavy atom. The van der Waals surface area contributed by atoms with E-state index < -0.39 is 11.9 Å². The Balaban J connectivity index is 1.86. The first kappa shape index (κ1) is 13.6. The number of amides is 2. The summed E-state index contributed by atoms with van der Waals surface area (Å²) in [7, 11) is 0. The SMILES string of the molecule is O=C(NC1CC1)c1ccccc1N1CC(C(=O)O)CC1=O. The zero-order chi connectivity index (χ0) is 15.0. The topological polar surface area (TPSA) is 86.7 Å². The molecule has 1 aliphatic heterocycles. The van der Waals surface area contributed by atoms with Gasteiger partial charge in [-0.3, -0.25) is 14.4 Å². The third kappa shape index (κ3) is 2.74. The lowest BCUT2D eigenvalue weighted by Gasteiger charge is -2.19. The summed E-state index contributed by atoms with van der Waals surface area (Å²) in [6.07, 6.45) is 1.95. The van der Waals surface area contributed by atoms with E-state index in [1.54, 1.807) is 24.3 Å². The van der Waals surface area contributed by atoms with Gasteiger partial charge in [0, 0.05) is 19.0 Å². The lowest BCUT2D eigenvalue weighted by atomic mass is 10.1. The van der Waals surface area contributed by atoms with Crippen LogP contribution in [0.3, 0.4) is 0 Å². The third-order valence-electron chi connectivity index (χ3n) is 3.83. The van der Waals surface area contributed by atoms with Crippen LogP contribution >= 0.6 is 0 Å². The van der Waals surface area contributed by atoms with Gasteiger partial charge in [0.15, 0.2) is 0 Å². The predicted octanol–water partition coefficient (Wildman–Crippen LogP) is 1.02. The van der Waals surface area contributed by atoms with Gasteiger partial charge in [0.2, 0.25) is 5.91 Å². The summed E-state index contributed by atoms with van der Waals surface area (Å²) < 4.78 is 0. The zero-order valence-electron chi connectivity index (χ0n) is 11.4. The van der Waals surface area contributed by atoms with Crippen LogP contribution in [0.15, 0.2) is 24.3 Å². The van der Waals surface area contributed by atoms with Gasteiger partial charge in [-0.15, -0.1) is 0 Å². The summed E-state index contributed by atoms with van der Waals surface area (Å²) in [6.45, 7) is 0.113. The molecule has 1 heterocycles. The van der Waals surface area contributed by atoms with E-state index in [0.717, 1.165) is 12.8 Å². The van der Waals surface area contributed by atoms with Gasteiger partial charge >= 0.3 is 5.97 Å². The number of hydrogen-bond acceptors (Lipinski definition) is 3. The highest BCUT2D eigenvalue weighted by Crippen LogP contribution is 2.29. The van der Waals surface area contributed by atoms with Gasteiger partial charge in [-0.2, -0.15) is 0 Å². The van der Waals surface area contributed by atoms with E-state index in [2.05, 4.69) is 5.32 Å². The number of carboxylic acids is 1. The Hall–Kier alpha value is -2.37. The fourth-order valence-electron chi connectivity index (χ4n) is 2.50. The van der Waals surface area contributed by atoms with Gasteiger partial charge in [0.1, 0.15) is 0 Å². The lowest BCUT2D eigenvalue weighted by Crippen LogP contribution is -2.31. The maximum absolute atomic E-state index is 12.2. The molecule has 3 rings (SSSR count). The average Bonchev–Trinajstić information content (AvgIpc) is 3.18. The van der Waals surface area contributed by atoms with E-state index in [4.69, 9.17) is 5.11 Å². The number of rotatable bonds is 4. The normalized spacial score (nSPS) is 21.4. The molecule has 0 radical (unpaired) electrons. The number of carbonyl (C=O) groups is 3. The number of carboxylic acid groups (broad SMARTS) is 1. The van der Waals surface area contributed by atoms with Crippen molar-refractivity contribution in [2.24, 2.45) is 5.92 Å². The maximum atomic E-state index is 12.2. The molecule has 2 aliphatic rings. The lowest BCUT2D eigenvalue weighted by molar-refractivity contribution is -0.141. The number of para-hydroxylation sites is 1. The average molecular weight is 288 g/mol. The molecule has 1 unspecified atom stereocenters. The van der Waals surface area contributed by atoms with Crippen molar-refractivity contribution in [1.29, 1.82) is 0 Å². The van der Waals surface area contributed by atoms with E-state index in [-0.39, 0.29) is 30.8 Å². The summed E-state index contributed by atoms with van der Waals surface area (Å²) in [6, 6.07) is 7.05. The molecule has 2 amide bonds. The van der Waals surface area contributed by atoms with E-state index in [0.29, 0.717) is 11.3 Å². The zero-order valence-corrected chi connectivity index (χ0v) is 11.4. The number of anilines is 1. The Bertz CT molecular complexity index is 609. The van der Waals surface area contributed by atoms with Crippen molar-refractivity contribution in [3.63, 3.8) is 0 Å². The molecule has 1 saturated carbocycles. The molecule has 110 valence electrons. The maximum Gasteiger partial charge on any atom is 0.308 e. The number of aliphatic carboxylic acids is 1. The summed E-state index contributed by atoms with van der Waals surface area (Å²) in [5.41, 5.74) is 0.910. The number of carbonyl (C=O) groups excluding carboxylic acids is 2. The molecule has 6 nitrogen and oxygen atoms in total. The predicted molar refractivity (Wildman–Crippen MR) is 75.0 cm³/mol. The minimum absolute atomic E-state index is 0.0199. The van der Waals surface area contributed by atoms with E-state index in [1.165, 1.54) is 4.90 Å². The number of hydrogen-bond donors (Lipinski definition) is 2. The van der Waals surface area contributed by atoms with Gasteiger partial charge in [0.25, 0.3) is 5.91 Å². The molecule has 2 N–H and O–H groups in total. The molecule has 1 aromatic rings. The molecule has 6 heteroatoms. The van der Waals surface area contributed by atoms with Crippen molar-refractivity contribution in [2.75, 3.05) is 11.4 Å². The monoisotopic (exact) mass is 288 g/mol. The first-order valence-corrected chi connectivity index (χ1v) is 6.99. The summed E-state index contributed by atoms with van der Waals surface area (Å²) in [5, 5.41) is 11.9. The second-order valence-electron chi connectivity index (χ2n) is 5.51. The van der Waals surface area contributed by atoms with Crippen molar-refractivity contribution in [2.45, 2.75) is 25.3 Å². The highest BCUT2D eigenvalue weighted by atomic mass is 16.4. The molecule has 1 aliphatic carbocycles. The molecular formula is C15H16N2O4. The van der Waals surface area contributed by atoms with Crippen LogP contribution < -0.4 is 10.2 Å². The number of nitrogens with zero attached hydrogens (tertiary/aromatic N) is 1. The van der Waals surface area contributed by atoms with Crippen molar-refractivity contribution in [1.82, 2.24) is 5.32 Å². The van der Waals surface area contributed by atoms with Crippen molar-refractivity contribution < 1.29 is 19.5 Å². The summed E-state index contributed by atoms with van der Waals surface area (Å²) >= 11 is 0. The molecule has 0 bridgehead atoms. The van der Waals surface area contributed by atoms with Crippen molar-refractivity contribution >= 4 is 23.5 Å². The fraction of sp³-hybridized carbons (Fsp3) is 0.400. The van der Waals surface area contributed by atoms with Gasteiger partial charge in [-0.05, 0) is 25.0 Å². The number of benzene rings is 1. The third-order valence-corrected chi connectivity index (χ3v) is 3.83. The molecule has 1 aromatic carbocycles. The smallest absolute Gasteiger partial charge is 0.308 e. The summed E-state index contributed by atoms with van der Waals surface area (Å²) in [5.74, 6) is -2.16. The van der Waals surface area contributed by atoms with Crippen molar-refractivity contribution in [3.8, 4) is 0 Å². The van der Waals surface area contributed by atoms with Gasteiger partial charge < -0.3 is 15.3 Å². The Morgan fingerprint density at radius 3 is 2.57 bits per heavy atom. The molecule has 21 heavy (non-hydrogen) atoms. The van der Waals surface area contributed by atoms with Crippen LogP contribution in [0.4, 0.5) is 5.69 Å². The Morgan fingerprint density at radius 2 is 1.95 bits per heavy atom. The summed E-state index contributed by atoms with van der Waals surface area (Å²) in [4.78, 5) is 36.7. The highest BCUT2D eigenvalue weighted by Gasteiger charge is 2.36. The standard InChI is InChI=1S/C15H16N2O4/c18-13-7-9(15(20)21)8-17(13)12-4-2-1-3-11(12)14(19)16-10-5-6-10/h1-4,9-10H,5-8H2,(H,16,19)(H,20,21). The van der Waals surface area contributed by atoms with E-state index in [1.807, 2.05) is 0 Å². The molecule has 2 fully saturated rings. The fourth-order valence-corrected chi connectivity index (χ4v) is 2.50. The molecule has 0 aromatic heterocycles. The van der Waals surface area contributed by atoms with Crippen molar-refractivity contribution in [3.05, 3.63) is 29.8 Å². The Labute approximate surface area is 121 Å². The van der Waals surface area contributed by atoms with Gasteiger partial charge in [-0.1, -0.05) is 12.1 Å². The molecule has 1 atom stereocenters. The van der Waals surface area contributed by atoms with Crippen LogP contribution in [0.2, 0.25) is 0 Å². The minimum atomic E-state index is -0.981. The second kappa shape index (κ2) is 5.20. The Kier molecular flexibility index (Phi) is 3.37. The van der Waals surface area contributed by atoms with Gasteiger partial charge in [0.05, 0.1) is 17.2 Å². The van der Waals surface area contributed by atoms with Crippen LogP contribution in [0.1, 0.15) is 29.6 Å². The second-order valence-corrected chi connectivity index (χ2v) is 5.51. The van der Waals surface area contributed by atoms with Crippen LogP contribution in [0.5, 0.6) is 0 Å². The molecular weight excluding hydrogens is 272 g/mol. The molecule has 0 spiro atoms. The van der Waals surface area contributed by atoms with E-state index in [9.17, 15) is 14.4 Å². The van der Waals surface area contributed by atoms with Crippen LogP contribution in [-0.4, -0.2) is 35.5 Å². The van der Waals surface area contributed by atoms with E-state index >= 15 is 0 Å². The molecule has 1 saturated heterocycles.